The van der Waals surface area contributed by atoms with Crippen molar-refractivity contribution in [2.24, 2.45) is 0 Å². The van der Waals surface area contributed by atoms with E-state index in [2.05, 4.69) is 20.5 Å². The lowest BCUT2D eigenvalue weighted by Crippen LogP contribution is -2.22. The van der Waals surface area contributed by atoms with Gasteiger partial charge in [0, 0.05) is 11.1 Å². The Hall–Kier alpha value is -2.26. The lowest BCUT2D eigenvalue weighted by molar-refractivity contribution is -0.115. The Kier molecular flexibility index (Phi) is 5.44. The number of carbonyl (C=O) groups excluding carboxylic acids is 1. The van der Waals surface area contributed by atoms with Gasteiger partial charge in [0.15, 0.2) is 0 Å². The number of halogens is 1. The van der Waals surface area contributed by atoms with Crippen molar-refractivity contribution in [3.05, 3.63) is 52.1 Å². The smallest absolute Gasteiger partial charge is 0.277 e. The number of aryl methyl sites for hydroxylation is 1. The topological polar surface area (TPSA) is 80.9 Å². The van der Waals surface area contributed by atoms with Crippen molar-refractivity contribution in [3.8, 4) is 0 Å². The third-order valence-corrected chi connectivity index (χ3v) is 4.96. The maximum absolute atomic E-state index is 12.9. The molecule has 0 spiro atoms. The third kappa shape index (κ3) is 4.86. The summed E-state index contributed by atoms with van der Waals surface area (Å²) in [5.74, 6) is -0.125. The number of thioether (sulfide) groups is 1. The van der Waals surface area contributed by atoms with Gasteiger partial charge < -0.3 is 9.73 Å². The zero-order valence-electron chi connectivity index (χ0n) is 13.5. The number of benzene rings is 1. The molecule has 0 bridgehead atoms. The van der Waals surface area contributed by atoms with E-state index >= 15 is 0 Å². The number of thiazole rings is 1. The fourth-order valence-corrected chi connectivity index (χ4v) is 3.30. The summed E-state index contributed by atoms with van der Waals surface area (Å²) in [6, 6.07) is 5.59. The molecule has 2 heterocycles. The maximum Gasteiger partial charge on any atom is 0.277 e. The van der Waals surface area contributed by atoms with Crippen LogP contribution in [0.25, 0.3) is 0 Å². The molecule has 1 N–H and O–H groups in total. The van der Waals surface area contributed by atoms with Gasteiger partial charge in [-0.05, 0) is 38.1 Å². The van der Waals surface area contributed by atoms with Gasteiger partial charge in [0.25, 0.3) is 5.22 Å². The van der Waals surface area contributed by atoms with Gasteiger partial charge in [-0.3, -0.25) is 4.79 Å². The quantitative estimate of drug-likeness (QED) is 0.659. The number of carbonyl (C=O) groups is 1. The van der Waals surface area contributed by atoms with Crippen molar-refractivity contribution in [3.63, 3.8) is 0 Å². The second kappa shape index (κ2) is 7.75. The average molecular weight is 378 g/mol. The molecular weight excluding hydrogens is 363 g/mol. The number of hydrogen-bond donors (Lipinski definition) is 1. The molecule has 1 atom stereocenters. The van der Waals surface area contributed by atoms with Gasteiger partial charge >= 0.3 is 0 Å². The summed E-state index contributed by atoms with van der Waals surface area (Å²) in [6.45, 7) is 3.67. The van der Waals surface area contributed by atoms with Crippen molar-refractivity contribution < 1.29 is 13.6 Å². The lowest BCUT2D eigenvalue weighted by atomic mass is 10.3. The summed E-state index contributed by atoms with van der Waals surface area (Å²) in [7, 11) is 0. The second-order valence-electron chi connectivity index (χ2n) is 5.25. The molecule has 0 aliphatic rings. The van der Waals surface area contributed by atoms with Gasteiger partial charge in [0.2, 0.25) is 11.8 Å². The fourth-order valence-electron chi connectivity index (χ4n) is 1.98. The van der Waals surface area contributed by atoms with Crippen molar-refractivity contribution in [2.75, 3.05) is 5.32 Å². The molecule has 0 aliphatic carbocycles. The van der Waals surface area contributed by atoms with Gasteiger partial charge in [-0.2, -0.15) is 0 Å². The normalized spacial score (nSPS) is 12.1. The highest BCUT2D eigenvalue weighted by atomic mass is 32.2. The van der Waals surface area contributed by atoms with Gasteiger partial charge in [-0.1, -0.05) is 11.8 Å². The Morgan fingerprint density at radius 2 is 2.12 bits per heavy atom. The average Bonchev–Trinajstić information content (AvgIpc) is 3.19. The van der Waals surface area contributed by atoms with Crippen molar-refractivity contribution in [1.82, 2.24) is 15.2 Å². The number of nitrogens with zero attached hydrogens (tertiary/aromatic N) is 3. The van der Waals surface area contributed by atoms with Crippen LogP contribution in [0.5, 0.6) is 0 Å². The second-order valence-corrected chi connectivity index (χ2v) is 7.61. The van der Waals surface area contributed by atoms with E-state index in [4.69, 9.17) is 4.42 Å². The minimum atomic E-state index is -0.445. The van der Waals surface area contributed by atoms with E-state index in [0.717, 1.165) is 10.7 Å². The number of hydrogen-bond acceptors (Lipinski definition) is 7. The Morgan fingerprint density at radius 3 is 2.80 bits per heavy atom. The zero-order chi connectivity index (χ0) is 17.8. The molecule has 3 aromatic rings. The van der Waals surface area contributed by atoms with Crippen molar-refractivity contribution in [1.29, 1.82) is 0 Å². The van der Waals surface area contributed by atoms with Gasteiger partial charge in [-0.25, -0.2) is 9.37 Å². The van der Waals surface area contributed by atoms with Crippen LogP contribution >= 0.6 is 23.1 Å². The van der Waals surface area contributed by atoms with Crippen LogP contribution < -0.4 is 5.32 Å². The molecule has 25 heavy (non-hydrogen) atoms. The minimum absolute atomic E-state index is 0.230. The lowest BCUT2D eigenvalue weighted by Gasteiger charge is -2.09. The van der Waals surface area contributed by atoms with Crippen molar-refractivity contribution in [2.45, 2.75) is 30.7 Å². The van der Waals surface area contributed by atoms with E-state index in [1.807, 2.05) is 12.3 Å². The van der Waals surface area contributed by atoms with E-state index in [0.29, 0.717) is 23.2 Å². The molecule has 3 rings (SSSR count). The van der Waals surface area contributed by atoms with E-state index < -0.39 is 5.25 Å². The van der Waals surface area contributed by atoms with Crippen LogP contribution in [-0.4, -0.2) is 26.3 Å². The summed E-state index contributed by atoms with van der Waals surface area (Å²) < 4.78 is 18.4. The summed E-state index contributed by atoms with van der Waals surface area (Å²) in [5.41, 5.74) is 1.41. The van der Waals surface area contributed by atoms with Crippen LogP contribution in [0.15, 0.2) is 39.3 Å². The Bertz CT molecular complexity index is 863. The summed E-state index contributed by atoms with van der Waals surface area (Å²) in [6.07, 6.45) is 0.466. The fraction of sp³-hybridized carbons (Fsp3) is 0.250. The first-order chi connectivity index (χ1) is 12.0. The maximum atomic E-state index is 12.9. The molecule has 0 radical (unpaired) electrons. The van der Waals surface area contributed by atoms with Crippen LogP contribution in [0.3, 0.4) is 0 Å². The predicted molar refractivity (Wildman–Crippen MR) is 94.3 cm³/mol. The largest absolute Gasteiger partial charge is 0.416 e. The van der Waals surface area contributed by atoms with Crippen LogP contribution in [0.1, 0.15) is 23.5 Å². The highest BCUT2D eigenvalue weighted by molar-refractivity contribution is 8.00. The molecular formula is C16H15FN4O2S2. The molecule has 1 amide bonds. The van der Waals surface area contributed by atoms with E-state index in [9.17, 15) is 9.18 Å². The van der Waals surface area contributed by atoms with Crippen molar-refractivity contribution >= 4 is 34.7 Å². The standard InChI is InChI=1S/C16H15FN4O2S2/c1-9(15(22)19-12-5-3-11(17)4-6-12)25-16-21-20-14(23-16)7-13-8-24-10(2)18-13/h3-6,8-9H,7H2,1-2H3,(H,19,22)/t9-/m1/s1. The Balaban J connectivity index is 1.56. The molecule has 0 aliphatic heterocycles. The molecule has 130 valence electrons. The molecule has 0 unspecified atom stereocenters. The first-order valence-electron chi connectivity index (χ1n) is 7.46. The molecule has 6 nitrogen and oxygen atoms in total. The minimum Gasteiger partial charge on any atom is -0.416 e. The Morgan fingerprint density at radius 1 is 1.36 bits per heavy atom. The summed E-state index contributed by atoms with van der Waals surface area (Å²) >= 11 is 2.73. The molecule has 0 fully saturated rings. The number of anilines is 1. The summed E-state index contributed by atoms with van der Waals surface area (Å²) in [4.78, 5) is 16.5. The SMILES string of the molecule is Cc1nc(Cc2nnc(S[C@H](C)C(=O)Nc3ccc(F)cc3)o2)cs1. The summed E-state index contributed by atoms with van der Waals surface area (Å²) in [5, 5.41) is 13.5. The molecule has 9 heteroatoms. The van der Waals surface area contributed by atoms with E-state index in [-0.39, 0.29) is 11.7 Å². The first kappa shape index (κ1) is 17.6. The van der Waals surface area contributed by atoms with Gasteiger partial charge in [-0.15, -0.1) is 21.5 Å². The zero-order valence-corrected chi connectivity index (χ0v) is 15.2. The third-order valence-electron chi connectivity index (χ3n) is 3.21. The highest BCUT2D eigenvalue weighted by Gasteiger charge is 2.19. The molecule has 2 aromatic heterocycles. The number of rotatable bonds is 6. The highest BCUT2D eigenvalue weighted by Crippen LogP contribution is 2.24. The van der Waals surface area contributed by atoms with Crippen LogP contribution in [0.2, 0.25) is 0 Å². The van der Waals surface area contributed by atoms with Crippen LogP contribution in [0, 0.1) is 12.7 Å². The predicted octanol–water partition coefficient (Wildman–Crippen LogP) is 3.68. The number of amides is 1. The number of nitrogens with one attached hydrogen (secondary N) is 1. The van der Waals surface area contributed by atoms with Crippen LogP contribution in [-0.2, 0) is 11.2 Å². The molecule has 1 aromatic carbocycles. The monoisotopic (exact) mass is 378 g/mol. The number of aromatic nitrogens is 3. The first-order valence-corrected chi connectivity index (χ1v) is 9.22. The van der Waals surface area contributed by atoms with Gasteiger partial charge in [0.05, 0.1) is 22.4 Å². The van der Waals surface area contributed by atoms with E-state index in [1.165, 1.54) is 36.0 Å². The van der Waals surface area contributed by atoms with Gasteiger partial charge in [0.1, 0.15) is 5.82 Å². The van der Waals surface area contributed by atoms with E-state index in [1.54, 1.807) is 18.3 Å². The molecule has 0 saturated heterocycles. The van der Waals surface area contributed by atoms with Crippen LogP contribution in [0.4, 0.5) is 10.1 Å². The Labute approximate surface area is 151 Å². The molecule has 0 saturated carbocycles.